The quantitative estimate of drug-likeness (QED) is 0.197. The summed E-state index contributed by atoms with van der Waals surface area (Å²) < 4.78 is 2.29. The molecule has 0 fully saturated rings. The van der Waals surface area contributed by atoms with E-state index in [2.05, 4.69) is 120 Å². The lowest BCUT2D eigenvalue weighted by atomic mass is 10.0. The van der Waals surface area contributed by atoms with Crippen molar-refractivity contribution in [1.82, 2.24) is 24.5 Å². The number of fused-ring (bicyclic) bond motifs is 5. The van der Waals surface area contributed by atoms with Crippen LogP contribution in [0.5, 0.6) is 0 Å². The minimum absolute atomic E-state index is 0.528. The molecule has 0 atom stereocenters. The van der Waals surface area contributed by atoms with Crippen molar-refractivity contribution in [3.63, 3.8) is 0 Å². The van der Waals surface area contributed by atoms with Crippen molar-refractivity contribution >= 4 is 32.6 Å². The summed E-state index contributed by atoms with van der Waals surface area (Å²) in [6, 6.07) is 54.4. The molecule has 0 saturated heterocycles. The molecule has 0 unspecified atom stereocenters. The van der Waals surface area contributed by atoms with Gasteiger partial charge in [0.2, 0.25) is 0 Å². The summed E-state index contributed by atoms with van der Waals surface area (Å²) in [6.45, 7) is 0. The van der Waals surface area contributed by atoms with E-state index in [1.165, 1.54) is 27.1 Å². The summed E-state index contributed by atoms with van der Waals surface area (Å²) in [7, 11) is 0. The Labute approximate surface area is 271 Å². The Hall–Kier alpha value is -6.46. The highest BCUT2D eigenvalue weighted by Gasteiger charge is 2.17. The Morgan fingerprint density at radius 1 is 0.383 bits per heavy atom. The van der Waals surface area contributed by atoms with E-state index in [0.29, 0.717) is 23.2 Å². The molecule has 9 aromatic rings. The molecule has 0 N–H and O–H groups in total. The van der Waals surface area contributed by atoms with E-state index < -0.39 is 0 Å². The van der Waals surface area contributed by atoms with Gasteiger partial charge in [-0.25, -0.2) is 15.0 Å². The predicted molar refractivity (Wildman–Crippen MR) is 191 cm³/mol. The predicted octanol–water partition coefficient (Wildman–Crippen LogP) is 10.2. The number of para-hydroxylation sites is 1. The molecule has 0 bridgehead atoms. The fraction of sp³-hybridized carbons (Fsp3) is 0. The van der Waals surface area contributed by atoms with Crippen LogP contribution >= 0.6 is 0 Å². The largest absolute Gasteiger partial charge is 0.308 e. The van der Waals surface area contributed by atoms with Crippen LogP contribution in [0, 0.1) is 0 Å². The molecule has 0 saturated carbocycles. The molecule has 47 heavy (non-hydrogen) atoms. The number of aromatic nitrogens is 5. The lowest BCUT2D eigenvalue weighted by molar-refractivity contribution is 1.05. The van der Waals surface area contributed by atoms with Gasteiger partial charge in [-0.15, -0.1) is 0 Å². The number of hydrogen-bond donors (Lipinski definition) is 0. The third-order valence-corrected chi connectivity index (χ3v) is 8.72. The summed E-state index contributed by atoms with van der Waals surface area (Å²) in [5.74, 6) is 1.74. The van der Waals surface area contributed by atoms with Gasteiger partial charge in [-0.1, -0.05) is 133 Å². The first kappa shape index (κ1) is 26.9. The number of hydrogen-bond acceptors (Lipinski definition) is 4. The van der Waals surface area contributed by atoms with E-state index >= 15 is 0 Å². The second-order valence-electron chi connectivity index (χ2n) is 11.6. The average Bonchev–Trinajstić information content (AvgIpc) is 3.50. The average molecular weight is 602 g/mol. The maximum Gasteiger partial charge on any atom is 0.182 e. The van der Waals surface area contributed by atoms with Crippen molar-refractivity contribution in [3.05, 3.63) is 164 Å². The zero-order valence-electron chi connectivity index (χ0n) is 25.3. The van der Waals surface area contributed by atoms with Crippen LogP contribution in [0.2, 0.25) is 0 Å². The topological polar surface area (TPSA) is 56.5 Å². The van der Waals surface area contributed by atoms with Crippen molar-refractivity contribution in [2.45, 2.75) is 0 Å². The Kier molecular flexibility index (Phi) is 6.39. The lowest BCUT2D eigenvalue weighted by Crippen LogP contribution is -2.02. The van der Waals surface area contributed by atoms with Crippen LogP contribution in [0.4, 0.5) is 0 Å². The third kappa shape index (κ3) is 4.73. The molecule has 0 aliphatic rings. The molecule has 220 valence electrons. The van der Waals surface area contributed by atoms with E-state index in [4.69, 9.17) is 19.9 Å². The first-order chi connectivity index (χ1) is 23.3. The van der Waals surface area contributed by atoms with Crippen LogP contribution in [0.3, 0.4) is 0 Å². The molecule has 3 heterocycles. The van der Waals surface area contributed by atoms with Crippen molar-refractivity contribution in [1.29, 1.82) is 0 Å². The molecule has 6 aromatic carbocycles. The van der Waals surface area contributed by atoms with Crippen molar-refractivity contribution in [2.24, 2.45) is 0 Å². The number of rotatable bonds is 5. The Morgan fingerprint density at radius 2 is 0.957 bits per heavy atom. The maximum absolute atomic E-state index is 4.94. The van der Waals surface area contributed by atoms with Crippen LogP contribution in [-0.4, -0.2) is 24.5 Å². The maximum atomic E-state index is 4.94. The van der Waals surface area contributed by atoms with Crippen LogP contribution in [0.1, 0.15) is 0 Å². The zero-order valence-corrected chi connectivity index (χ0v) is 25.3. The lowest BCUT2D eigenvalue weighted by Gasteiger charge is -2.10. The fourth-order valence-corrected chi connectivity index (χ4v) is 6.45. The number of benzene rings is 6. The van der Waals surface area contributed by atoms with E-state index in [0.717, 1.165) is 33.4 Å². The standard InChI is InChI=1S/C42H27N5/c1-3-11-28(12-4-1)29-19-21-32(22-20-29)41-44-40(31-14-5-2-6-15-31)45-42(46-41)36-25-24-33(27-43-36)47-37-18-10-9-17-35(37)39-34-16-8-7-13-30(34)23-26-38(39)47/h1-27H. The summed E-state index contributed by atoms with van der Waals surface area (Å²) in [6.07, 6.45) is 1.91. The number of nitrogens with zero attached hydrogens (tertiary/aromatic N) is 5. The molecule has 0 radical (unpaired) electrons. The van der Waals surface area contributed by atoms with Gasteiger partial charge >= 0.3 is 0 Å². The molecule has 3 aromatic heterocycles. The Bertz CT molecular complexity index is 2540. The summed E-state index contributed by atoms with van der Waals surface area (Å²) in [5, 5.41) is 4.94. The van der Waals surface area contributed by atoms with Crippen molar-refractivity contribution < 1.29 is 0 Å². The molecular formula is C42H27N5. The molecule has 9 rings (SSSR count). The monoisotopic (exact) mass is 601 g/mol. The second-order valence-corrected chi connectivity index (χ2v) is 11.6. The van der Waals surface area contributed by atoms with E-state index in [-0.39, 0.29) is 0 Å². The van der Waals surface area contributed by atoms with Gasteiger partial charge in [0.1, 0.15) is 5.69 Å². The summed E-state index contributed by atoms with van der Waals surface area (Å²) >= 11 is 0. The van der Waals surface area contributed by atoms with Gasteiger partial charge in [0.25, 0.3) is 0 Å². The molecular weight excluding hydrogens is 574 g/mol. The zero-order chi connectivity index (χ0) is 31.2. The fourth-order valence-electron chi connectivity index (χ4n) is 6.45. The van der Waals surface area contributed by atoms with Gasteiger partial charge in [0.15, 0.2) is 17.5 Å². The number of pyridine rings is 1. The van der Waals surface area contributed by atoms with Crippen LogP contribution in [0.25, 0.3) is 83.7 Å². The second kappa shape index (κ2) is 11.2. The van der Waals surface area contributed by atoms with E-state index in [9.17, 15) is 0 Å². The molecule has 0 spiro atoms. The van der Waals surface area contributed by atoms with Gasteiger partial charge in [0.05, 0.1) is 22.9 Å². The molecule has 0 aliphatic heterocycles. The minimum Gasteiger partial charge on any atom is -0.308 e. The first-order valence-electron chi connectivity index (χ1n) is 15.7. The Morgan fingerprint density at radius 3 is 1.68 bits per heavy atom. The van der Waals surface area contributed by atoms with Crippen molar-refractivity contribution in [2.75, 3.05) is 0 Å². The van der Waals surface area contributed by atoms with Gasteiger partial charge in [-0.05, 0) is 46.2 Å². The van der Waals surface area contributed by atoms with Gasteiger partial charge < -0.3 is 4.57 Å². The van der Waals surface area contributed by atoms with E-state index in [1.807, 2.05) is 48.7 Å². The van der Waals surface area contributed by atoms with Crippen LogP contribution < -0.4 is 0 Å². The summed E-state index contributed by atoms with van der Waals surface area (Å²) in [5.41, 5.74) is 8.09. The third-order valence-electron chi connectivity index (χ3n) is 8.72. The minimum atomic E-state index is 0.528. The summed E-state index contributed by atoms with van der Waals surface area (Å²) in [4.78, 5) is 19.7. The highest BCUT2D eigenvalue weighted by molar-refractivity contribution is 6.21. The Balaban J connectivity index is 1.16. The molecule has 5 heteroatoms. The normalized spacial score (nSPS) is 11.4. The van der Waals surface area contributed by atoms with Gasteiger partial charge in [-0.3, -0.25) is 4.98 Å². The smallest absolute Gasteiger partial charge is 0.182 e. The van der Waals surface area contributed by atoms with Crippen molar-refractivity contribution in [3.8, 4) is 51.1 Å². The first-order valence-corrected chi connectivity index (χ1v) is 15.7. The van der Waals surface area contributed by atoms with Gasteiger partial charge in [-0.2, -0.15) is 0 Å². The van der Waals surface area contributed by atoms with Crippen LogP contribution in [0.15, 0.2) is 164 Å². The highest BCUT2D eigenvalue weighted by Crippen LogP contribution is 2.37. The van der Waals surface area contributed by atoms with Crippen LogP contribution in [-0.2, 0) is 0 Å². The molecule has 5 nitrogen and oxygen atoms in total. The van der Waals surface area contributed by atoms with Gasteiger partial charge in [0, 0.05) is 21.9 Å². The van der Waals surface area contributed by atoms with E-state index in [1.54, 1.807) is 0 Å². The molecule has 0 aliphatic carbocycles. The SMILES string of the molecule is c1ccc(-c2ccc(-c3nc(-c4ccccc4)nc(-c4ccc(-n5c6ccccc6c6c7ccccc7ccc65)cn4)n3)cc2)cc1. The molecule has 0 amide bonds. The highest BCUT2D eigenvalue weighted by atomic mass is 15.1.